The molecule has 29 heavy (non-hydrogen) atoms. The van der Waals surface area contributed by atoms with Crippen LogP contribution in [-0.2, 0) is 5.41 Å². The van der Waals surface area contributed by atoms with Crippen molar-refractivity contribution in [2.24, 2.45) is 0 Å². The summed E-state index contributed by atoms with van der Waals surface area (Å²) in [6, 6.07) is 10.3. The van der Waals surface area contributed by atoms with Crippen LogP contribution in [0, 0.1) is 0 Å². The SMILES string of the molecule is COc1c(NC(=O)c2ccc(N)cn2)cc(-c2ccc[nH]c2=O)cc1C(C)(C)C. The number of nitrogens with zero attached hydrogens (tertiary/aromatic N) is 1. The molecule has 2 heterocycles. The number of hydrogen-bond donors (Lipinski definition) is 3. The number of hydrogen-bond acceptors (Lipinski definition) is 5. The van der Waals surface area contributed by atoms with E-state index in [9.17, 15) is 9.59 Å². The van der Waals surface area contributed by atoms with Gasteiger partial charge < -0.3 is 20.8 Å². The molecule has 0 aliphatic heterocycles. The van der Waals surface area contributed by atoms with E-state index in [-0.39, 0.29) is 16.7 Å². The number of nitrogen functional groups attached to an aromatic ring is 1. The molecule has 1 aromatic carbocycles. The Morgan fingerprint density at radius 1 is 1.21 bits per heavy atom. The minimum Gasteiger partial charge on any atom is -0.494 e. The summed E-state index contributed by atoms with van der Waals surface area (Å²) < 4.78 is 5.64. The second kappa shape index (κ2) is 7.79. The molecule has 0 radical (unpaired) electrons. The first-order chi connectivity index (χ1) is 13.7. The van der Waals surface area contributed by atoms with Gasteiger partial charge in [-0.2, -0.15) is 0 Å². The van der Waals surface area contributed by atoms with Crippen molar-refractivity contribution in [3.8, 4) is 16.9 Å². The molecule has 0 fully saturated rings. The Hall–Kier alpha value is -3.61. The van der Waals surface area contributed by atoms with Gasteiger partial charge >= 0.3 is 0 Å². The van der Waals surface area contributed by atoms with Gasteiger partial charge in [0.25, 0.3) is 11.5 Å². The van der Waals surface area contributed by atoms with E-state index in [1.807, 2.05) is 26.8 Å². The van der Waals surface area contributed by atoms with Gasteiger partial charge in [0, 0.05) is 17.3 Å². The fourth-order valence-electron chi connectivity index (χ4n) is 3.03. The lowest BCUT2D eigenvalue weighted by atomic mass is 9.84. The van der Waals surface area contributed by atoms with Gasteiger partial charge in [-0.3, -0.25) is 9.59 Å². The molecule has 4 N–H and O–H groups in total. The summed E-state index contributed by atoms with van der Waals surface area (Å²) >= 11 is 0. The maximum atomic E-state index is 12.7. The number of nitrogens with one attached hydrogen (secondary N) is 2. The van der Waals surface area contributed by atoms with E-state index in [4.69, 9.17) is 10.5 Å². The molecule has 0 saturated heterocycles. The number of ether oxygens (including phenoxy) is 1. The summed E-state index contributed by atoms with van der Waals surface area (Å²) in [5.41, 5.74) is 8.34. The summed E-state index contributed by atoms with van der Waals surface area (Å²) in [6.45, 7) is 6.12. The Bertz CT molecular complexity index is 1100. The zero-order chi connectivity index (χ0) is 21.2. The van der Waals surface area contributed by atoms with Crippen LogP contribution in [0.2, 0.25) is 0 Å². The van der Waals surface area contributed by atoms with Crippen molar-refractivity contribution < 1.29 is 9.53 Å². The zero-order valence-corrected chi connectivity index (χ0v) is 16.9. The topological polar surface area (TPSA) is 110 Å². The van der Waals surface area contributed by atoms with E-state index >= 15 is 0 Å². The number of benzene rings is 1. The van der Waals surface area contributed by atoms with Crippen molar-refractivity contribution in [2.45, 2.75) is 26.2 Å². The molecule has 0 unspecified atom stereocenters. The molecule has 0 atom stereocenters. The molecule has 1 amide bonds. The number of anilines is 2. The molecule has 0 aliphatic carbocycles. The third kappa shape index (κ3) is 4.29. The van der Waals surface area contributed by atoms with Crippen LogP contribution < -0.4 is 21.3 Å². The highest BCUT2D eigenvalue weighted by Crippen LogP contribution is 2.40. The molecule has 3 aromatic rings. The van der Waals surface area contributed by atoms with E-state index in [0.29, 0.717) is 28.3 Å². The summed E-state index contributed by atoms with van der Waals surface area (Å²) in [4.78, 5) is 31.8. The molecule has 0 aliphatic rings. The molecule has 3 rings (SSSR count). The molecular formula is C22H24N4O3. The Kier molecular flexibility index (Phi) is 5.41. The van der Waals surface area contributed by atoms with Crippen molar-refractivity contribution >= 4 is 17.3 Å². The van der Waals surface area contributed by atoms with Crippen molar-refractivity contribution in [1.82, 2.24) is 9.97 Å². The monoisotopic (exact) mass is 392 g/mol. The highest BCUT2D eigenvalue weighted by atomic mass is 16.5. The summed E-state index contributed by atoms with van der Waals surface area (Å²) in [5, 5.41) is 2.86. The highest BCUT2D eigenvalue weighted by molar-refractivity contribution is 6.04. The van der Waals surface area contributed by atoms with E-state index in [1.165, 1.54) is 6.20 Å². The predicted octanol–water partition coefficient (Wildman–Crippen LogP) is 3.58. The number of carbonyl (C=O) groups is 1. The van der Waals surface area contributed by atoms with Gasteiger partial charge in [0.1, 0.15) is 11.4 Å². The number of aromatic amines is 1. The number of H-pyrrole nitrogens is 1. The smallest absolute Gasteiger partial charge is 0.274 e. The Balaban J connectivity index is 2.15. The largest absolute Gasteiger partial charge is 0.494 e. The Labute approximate surface area is 169 Å². The molecule has 7 heteroatoms. The first-order valence-corrected chi connectivity index (χ1v) is 9.14. The lowest BCUT2D eigenvalue weighted by molar-refractivity contribution is 0.102. The van der Waals surface area contributed by atoms with Gasteiger partial charge in [-0.25, -0.2) is 4.98 Å². The average Bonchev–Trinajstić information content (AvgIpc) is 2.67. The molecular weight excluding hydrogens is 368 g/mol. The van der Waals surface area contributed by atoms with E-state index in [1.54, 1.807) is 43.6 Å². The van der Waals surface area contributed by atoms with Gasteiger partial charge in [-0.15, -0.1) is 0 Å². The van der Waals surface area contributed by atoms with Gasteiger partial charge in [0.15, 0.2) is 0 Å². The Morgan fingerprint density at radius 2 is 1.97 bits per heavy atom. The molecule has 0 saturated carbocycles. The minimum absolute atomic E-state index is 0.213. The molecule has 2 aromatic heterocycles. The van der Waals surface area contributed by atoms with Crippen LogP contribution in [0.1, 0.15) is 36.8 Å². The highest BCUT2D eigenvalue weighted by Gasteiger charge is 2.24. The molecule has 7 nitrogen and oxygen atoms in total. The van der Waals surface area contributed by atoms with E-state index in [2.05, 4.69) is 15.3 Å². The second-order valence-electron chi connectivity index (χ2n) is 7.70. The van der Waals surface area contributed by atoms with Crippen molar-refractivity contribution in [3.63, 3.8) is 0 Å². The quantitative estimate of drug-likeness (QED) is 0.629. The standard InChI is InChI=1S/C22H24N4O3/c1-22(2,3)16-10-13(15-6-5-9-24-20(15)27)11-18(19(16)29-4)26-21(28)17-8-7-14(23)12-25-17/h5-12H,23H2,1-4H3,(H,24,27)(H,26,28). The lowest BCUT2D eigenvalue weighted by Gasteiger charge is -2.25. The fourth-order valence-corrected chi connectivity index (χ4v) is 3.03. The maximum Gasteiger partial charge on any atom is 0.274 e. The molecule has 150 valence electrons. The zero-order valence-electron chi connectivity index (χ0n) is 16.9. The van der Waals surface area contributed by atoms with Crippen LogP contribution in [-0.4, -0.2) is 23.0 Å². The lowest BCUT2D eigenvalue weighted by Crippen LogP contribution is -2.18. The second-order valence-corrected chi connectivity index (χ2v) is 7.70. The minimum atomic E-state index is -0.401. The van der Waals surface area contributed by atoms with Crippen molar-refractivity contribution in [1.29, 1.82) is 0 Å². The van der Waals surface area contributed by atoms with E-state index in [0.717, 1.165) is 5.56 Å². The van der Waals surface area contributed by atoms with Gasteiger partial charge in [-0.1, -0.05) is 20.8 Å². The number of aromatic nitrogens is 2. The van der Waals surface area contributed by atoms with E-state index < -0.39 is 5.91 Å². The fraction of sp³-hybridized carbons (Fsp3) is 0.227. The number of methoxy groups -OCH3 is 1. The third-order valence-electron chi connectivity index (χ3n) is 4.50. The van der Waals surface area contributed by atoms with Gasteiger partial charge in [-0.05, 0) is 47.4 Å². The number of rotatable bonds is 4. The normalized spacial score (nSPS) is 11.2. The van der Waals surface area contributed by atoms with Crippen LogP contribution in [0.3, 0.4) is 0 Å². The van der Waals surface area contributed by atoms with Crippen LogP contribution >= 0.6 is 0 Å². The maximum absolute atomic E-state index is 12.7. The molecule has 0 spiro atoms. The number of amides is 1. The number of pyridine rings is 2. The summed E-state index contributed by atoms with van der Waals surface area (Å²) in [5.74, 6) is 0.139. The van der Waals surface area contributed by atoms with Gasteiger partial charge in [0.2, 0.25) is 0 Å². The van der Waals surface area contributed by atoms with Crippen molar-refractivity contribution in [3.05, 3.63) is 70.4 Å². The predicted molar refractivity (Wildman–Crippen MR) is 114 cm³/mol. The van der Waals surface area contributed by atoms with Gasteiger partial charge in [0.05, 0.1) is 24.7 Å². The van der Waals surface area contributed by atoms with Crippen LogP contribution in [0.25, 0.3) is 11.1 Å². The average molecular weight is 392 g/mol. The first-order valence-electron chi connectivity index (χ1n) is 9.14. The Morgan fingerprint density at radius 3 is 2.55 bits per heavy atom. The van der Waals surface area contributed by atoms with Crippen molar-refractivity contribution in [2.75, 3.05) is 18.2 Å². The third-order valence-corrected chi connectivity index (χ3v) is 4.50. The number of carbonyl (C=O) groups excluding carboxylic acids is 1. The number of nitrogens with two attached hydrogens (primary N) is 1. The van der Waals surface area contributed by atoms with Crippen LogP contribution in [0.5, 0.6) is 5.75 Å². The summed E-state index contributed by atoms with van der Waals surface area (Å²) in [7, 11) is 1.55. The van der Waals surface area contributed by atoms with Crippen LogP contribution in [0.4, 0.5) is 11.4 Å². The summed E-state index contributed by atoms with van der Waals surface area (Å²) in [6.07, 6.45) is 3.00. The van der Waals surface area contributed by atoms with Crippen LogP contribution in [0.15, 0.2) is 53.6 Å². The molecule has 0 bridgehead atoms. The first kappa shape index (κ1) is 20.1.